The summed E-state index contributed by atoms with van der Waals surface area (Å²) in [5.41, 5.74) is 1.12. The maximum Gasteiger partial charge on any atom is 0.174 e. The summed E-state index contributed by atoms with van der Waals surface area (Å²) in [6, 6.07) is 16.8. The average molecular weight is 252 g/mol. The third kappa shape index (κ3) is 1.43. The number of hydrogen-bond acceptors (Lipinski definition) is 2. The van der Waals surface area contributed by atoms with E-state index in [0.29, 0.717) is 0 Å². The van der Waals surface area contributed by atoms with Gasteiger partial charge in [0.1, 0.15) is 8.43 Å². The van der Waals surface area contributed by atoms with Crippen LogP contribution in [0.4, 0.5) is 0 Å². The van der Waals surface area contributed by atoms with E-state index in [9.17, 15) is 0 Å². The molecule has 18 heavy (non-hydrogen) atoms. The van der Waals surface area contributed by atoms with Crippen LogP contribution in [0.5, 0.6) is 5.75 Å². The van der Waals surface area contributed by atoms with E-state index >= 15 is 0 Å². The Hall–Kier alpha value is -1.89. The van der Waals surface area contributed by atoms with E-state index < -0.39 is 0 Å². The second kappa shape index (κ2) is 3.81. The highest BCUT2D eigenvalue weighted by atomic mass is 31.1. The molecule has 0 saturated heterocycles. The molecule has 0 N–H and O–H groups in total. The molecule has 1 aliphatic rings. The lowest BCUT2D eigenvalue weighted by molar-refractivity contribution is -0.0822. The molecule has 0 saturated carbocycles. The van der Waals surface area contributed by atoms with Crippen LogP contribution in [0.2, 0.25) is 0 Å². The Morgan fingerprint density at radius 3 is 2.56 bits per heavy atom. The SMILES string of the molecule is C1=POOc2ccc3cc4ccccc4cc3c21. The predicted octanol–water partition coefficient (Wildman–Crippen LogP) is 4.33. The fourth-order valence-electron chi connectivity index (χ4n) is 2.36. The minimum atomic E-state index is 0.736. The van der Waals surface area contributed by atoms with Crippen molar-refractivity contribution in [1.29, 1.82) is 0 Å². The van der Waals surface area contributed by atoms with E-state index in [-0.39, 0.29) is 0 Å². The summed E-state index contributed by atoms with van der Waals surface area (Å²) < 4.78 is 4.95. The van der Waals surface area contributed by atoms with Gasteiger partial charge in [-0.3, -0.25) is 0 Å². The minimum absolute atomic E-state index is 0.736. The van der Waals surface area contributed by atoms with Crippen molar-refractivity contribution >= 4 is 35.8 Å². The molecule has 0 radical (unpaired) electrons. The van der Waals surface area contributed by atoms with Gasteiger partial charge in [-0.1, -0.05) is 30.3 Å². The highest BCUT2D eigenvalue weighted by Gasteiger charge is 2.11. The molecule has 0 aromatic heterocycles. The highest BCUT2D eigenvalue weighted by Crippen LogP contribution is 2.33. The van der Waals surface area contributed by atoms with E-state index in [4.69, 9.17) is 9.56 Å². The summed E-state index contributed by atoms with van der Waals surface area (Å²) in [6.07, 6.45) is 0. The Balaban J connectivity index is 2.16. The molecule has 0 aliphatic carbocycles. The molecular weight excluding hydrogens is 243 g/mol. The van der Waals surface area contributed by atoms with E-state index in [0.717, 1.165) is 19.7 Å². The molecule has 4 rings (SSSR count). The molecule has 0 bridgehead atoms. The van der Waals surface area contributed by atoms with E-state index in [2.05, 4.69) is 42.5 Å². The topological polar surface area (TPSA) is 18.5 Å². The monoisotopic (exact) mass is 252 g/mol. The van der Waals surface area contributed by atoms with Gasteiger partial charge in [-0.25, -0.2) is 0 Å². The van der Waals surface area contributed by atoms with Gasteiger partial charge in [-0.05, 0) is 39.7 Å². The van der Waals surface area contributed by atoms with E-state index in [1.165, 1.54) is 21.5 Å². The van der Waals surface area contributed by atoms with Crippen LogP contribution in [0.3, 0.4) is 0 Å². The van der Waals surface area contributed by atoms with Gasteiger partial charge in [0, 0.05) is 11.4 Å². The van der Waals surface area contributed by atoms with Gasteiger partial charge in [0.05, 0.1) is 0 Å². The molecule has 1 heterocycles. The first-order valence-electron chi connectivity index (χ1n) is 5.74. The van der Waals surface area contributed by atoms with Crippen LogP contribution >= 0.6 is 8.43 Å². The minimum Gasteiger partial charge on any atom is -0.328 e. The van der Waals surface area contributed by atoms with Crippen LogP contribution in [-0.4, -0.2) is 5.80 Å². The van der Waals surface area contributed by atoms with Gasteiger partial charge in [0.25, 0.3) is 0 Å². The summed E-state index contributed by atoms with van der Waals surface area (Å²) >= 11 is 0. The summed E-state index contributed by atoms with van der Waals surface area (Å²) in [7, 11) is 0.736. The van der Waals surface area contributed by atoms with Crippen molar-refractivity contribution in [3.8, 4) is 5.75 Å². The summed E-state index contributed by atoms with van der Waals surface area (Å²) in [4.78, 5) is 5.20. The van der Waals surface area contributed by atoms with Crippen molar-refractivity contribution in [3.05, 3.63) is 54.1 Å². The van der Waals surface area contributed by atoms with Gasteiger partial charge in [-0.15, -0.1) is 4.67 Å². The maximum atomic E-state index is 5.20. The van der Waals surface area contributed by atoms with Gasteiger partial charge in [-0.2, -0.15) is 0 Å². The Kier molecular flexibility index (Phi) is 2.13. The zero-order valence-corrected chi connectivity index (χ0v) is 10.4. The fraction of sp³-hybridized carbons (Fsp3) is 0. The Labute approximate surface area is 106 Å². The van der Waals surface area contributed by atoms with Crippen LogP contribution in [0.15, 0.2) is 48.5 Å². The maximum absolute atomic E-state index is 5.20. The Morgan fingerprint density at radius 1 is 0.833 bits per heavy atom. The zero-order chi connectivity index (χ0) is 11.9. The van der Waals surface area contributed by atoms with Crippen molar-refractivity contribution in [3.63, 3.8) is 0 Å². The van der Waals surface area contributed by atoms with Gasteiger partial charge >= 0.3 is 0 Å². The molecule has 0 fully saturated rings. The number of benzene rings is 3. The molecule has 3 heteroatoms. The third-order valence-electron chi connectivity index (χ3n) is 3.24. The lowest BCUT2D eigenvalue weighted by Gasteiger charge is -2.12. The van der Waals surface area contributed by atoms with Crippen LogP contribution in [-0.2, 0) is 4.67 Å². The normalized spacial score (nSPS) is 14.4. The van der Waals surface area contributed by atoms with E-state index in [1.807, 2.05) is 11.9 Å². The molecule has 3 aromatic rings. The molecule has 0 atom stereocenters. The van der Waals surface area contributed by atoms with Gasteiger partial charge in [0.2, 0.25) is 0 Å². The fourth-order valence-corrected chi connectivity index (χ4v) is 2.90. The summed E-state index contributed by atoms with van der Waals surface area (Å²) in [5.74, 6) is 2.83. The Bertz CT molecular complexity index is 793. The molecular formula is C15H9O2P. The largest absolute Gasteiger partial charge is 0.328 e. The summed E-state index contributed by atoms with van der Waals surface area (Å²) in [6.45, 7) is 0. The van der Waals surface area contributed by atoms with Crippen molar-refractivity contribution in [2.45, 2.75) is 0 Å². The first-order chi connectivity index (χ1) is 8.92. The average Bonchev–Trinajstić information content (AvgIpc) is 2.45. The number of fused-ring (bicyclic) bond motifs is 4. The lowest BCUT2D eigenvalue weighted by atomic mass is 10.00. The molecule has 3 aromatic carbocycles. The highest BCUT2D eigenvalue weighted by molar-refractivity contribution is 7.33. The van der Waals surface area contributed by atoms with Crippen LogP contribution in [0, 0.1) is 0 Å². The molecule has 2 nitrogen and oxygen atoms in total. The van der Waals surface area contributed by atoms with E-state index in [1.54, 1.807) is 0 Å². The standard InChI is InChI=1S/C15H9O2P/c1-2-4-11-8-13-12(7-10(11)3-1)5-6-15-14(13)9-18-17-16-15/h1-9H. The molecule has 0 spiro atoms. The van der Waals surface area contributed by atoms with Gasteiger partial charge < -0.3 is 4.89 Å². The number of hydrogen-bond donors (Lipinski definition) is 0. The molecule has 0 amide bonds. The van der Waals surface area contributed by atoms with Crippen LogP contribution < -0.4 is 4.89 Å². The molecule has 86 valence electrons. The first kappa shape index (κ1) is 10.1. The predicted molar refractivity (Wildman–Crippen MR) is 75.3 cm³/mol. The summed E-state index contributed by atoms with van der Waals surface area (Å²) in [5, 5.41) is 4.94. The van der Waals surface area contributed by atoms with Crippen molar-refractivity contribution in [2.75, 3.05) is 0 Å². The lowest BCUT2D eigenvalue weighted by Crippen LogP contribution is -1.98. The van der Waals surface area contributed by atoms with Crippen LogP contribution in [0.25, 0.3) is 21.5 Å². The Morgan fingerprint density at radius 2 is 1.67 bits per heavy atom. The number of rotatable bonds is 0. The van der Waals surface area contributed by atoms with Crippen molar-refractivity contribution < 1.29 is 9.56 Å². The smallest absolute Gasteiger partial charge is 0.174 e. The van der Waals surface area contributed by atoms with Crippen LogP contribution in [0.1, 0.15) is 5.56 Å². The zero-order valence-electron chi connectivity index (χ0n) is 9.46. The van der Waals surface area contributed by atoms with Crippen molar-refractivity contribution in [1.82, 2.24) is 0 Å². The third-order valence-corrected chi connectivity index (χ3v) is 3.76. The van der Waals surface area contributed by atoms with Gasteiger partial charge in [0.15, 0.2) is 5.75 Å². The quantitative estimate of drug-likeness (QED) is 0.337. The first-order valence-corrected chi connectivity index (χ1v) is 6.62. The molecule has 1 aliphatic heterocycles. The van der Waals surface area contributed by atoms with Crippen molar-refractivity contribution in [2.24, 2.45) is 0 Å². The molecule has 0 unspecified atom stereocenters. The second-order valence-corrected chi connectivity index (χ2v) is 4.91. The second-order valence-electron chi connectivity index (χ2n) is 4.29.